The average Bonchev–Trinajstić information content (AvgIpc) is 3.06. The molecule has 0 saturated heterocycles. The number of aliphatic hydroxyl groups excluding tert-OH is 1. The minimum atomic E-state index is -0.119. The van der Waals surface area contributed by atoms with Crippen LogP contribution in [-0.4, -0.2) is 33.8 Å². The van der Waals surface area contributed by atoms with Crippen LogP contribution in [0.5, 0.6) is 5.75 Å². The summed E-state index contributed by atoms with van der Waals surface area (Å²) in [6.45, 7) is 1.89. The SMILES string of the molecule is Oc1cccc(CN(CCc2cccs2)C2CCC(O)CC2)c1. The third kappa shape index (κ3) is 4.80. The van der Waals surface area contributed by atoms with E-state index in [-0.39, 0.29) is 6.10 Å². The average molecular weight is 331 g/mol. The lowest BCUT2D eigenvalue weighted by Crippen LogP contribution is -2.39. The summed E-state index contributed by atoms with van der Waals surface area (Å²) in [7, 11) is 0. The van der Waals surface area contributed by atoms with Crippen LogP contribution in [0.1, 0.15) is 36.1 Å². The maximum Gasteiger partial charge on any atom is 0.115 e. The minimum Gasteiger partial charge on any atom is -0.508 e. The summed E-state index contributed by atoms with van der Waals surface area (Å²) in [6, 6.07) is 12.4. The van der Waals surface area contributed by atoms with E-state index in [1.54, 1.807) is 6.07 Å². The highest BCUT2D eigenvalue weighted by Crippen LogP contribution is 2.26. The molecule has 0 amide bonds. The molecule has 1 aromatic heterocycles. The molecule has 2 aromatic rings. The first-order valence-electron chi connectivity index (χ1n) is 8.43. The molecule has 3 nitrogen and oxygen atoms in total. The van der Waals surface area contributed by atoms with Gasteiger partial charge in [0.25, 0.3) is 0 Å². The van der Waals surface area contributed by atoms with Crippen LogP contribution in [0, 0.1) is 0 Å². The van der Waals surface area contributed by atoms with Crippen LogP contribution in [0.25, 0.3) is 0 Å². The van der Waals surface area contributed by atoms with Gasteiger partial charge in [0.2, 0.25) is 0 Å². The number of rotatable bonds is 6. The number of phenolic OH excluding ortho intramolecular Hbond substituents is 1. The molecular formula is C19H25NO2S. The third-order valence-corrected chi connectivity index (χ3v) is 5.64. The molecular weight excluding hydrogens is 306 g/mol. The Balaban J connectivity index is 1.67. The quantitative estimate of drug-likeness (QED) is 0.846. The summed E-state index contributed by atoms with van der Waals surface area (Å²) in [5.41, 5.74) is 1.15. The zero-order valence-corrected chi connectivity index (χ0v) is 14.2. The predicted octanol–water partition coefficient (Wildman–Crippen LogP) is 3.80. The van der Waals surface area contributed by atoms with Crippen molar-refractivity contribution < 1.29 is 10.2 Å². The molecule has 1 heterocycles. The molecule has 1 aliphatic carbocycles. The van der Waals surface area contributed by atoms with Crippen molar-refractivity contribution in [2.24, 2.45) is 0 Å². The maximum atomic E-state index is 9.77. The Kier molecular flexibility index (Phi) is 5.70. The lowest BCUT2D eigenvalue weighted by atomic mass is 9.91. The van der Waals surface area contributed by atoms with E-state index in [0.29, 0.717) is 11.8 Å². The minimum absolute atomic E-state index is 0.119. The van der Waals surface area contributed by atoms with Gasteiger partial charge in [0.15, 0.2) is 0 Å². The fraction of sp³-hybridized carbons (Fsp3) is 0.474. The van der Waals surface area contributed by atoms with Gasteiger partial charge in [0, 0.05) is 24.0 Å². The molecule has 0 bridgehead atoms. The van der Waals surface area contributed by atoms with Crippen molar-refractivity contribution in [1.29, 1.82) is 0 Å². The zero-order valence-electron chi connectivity index (χ0n) is 13.4. The van der Waals surface area contributed by atoms with Crippen molar-refractivity contribution in [2.75, 3.05) is 6.54 Å². The number of nitrogens with zero attached hydrogens (tertiary/aromatic N) is 1. The second kappa shape index (κ2) is 7.95. The van der Waals surface area contributed by atoms with E-state index in [2.05, 4.69) is 28.5 Å². The molecule has 4 heteroatoms. The molecule has 0 spiro atoms. The highest BCUT2D eigenvalue weighted by atomic mass is 32.1. The second-order valence-electron chi connectivity index (χ2n) is 6.43. The third-order valence-electron chi connectivity index (χ3n) is 4.70. The lowest BCUT2D eigenvalue weighted by molar-refractivity contribution is 0.0708. The van der Waals surface area contributed by atoms with Crippen LogP contribution in [0.2, 0.25) is 0 Å². The monoisotopic (exact) mass is 331 g/mol. The lowest BCUT2D eigenvalue weighted by Gasteiger charge is -2.36. The highest BCUT2D eigenvalue weighted by Gasteiger charge is 2.24. The summed E-state index contributed by atoms with van der Waals surface area (Å²) in [6.07, 6.45) is 4.87. The van der Waals surface area contributed by atoms with Gasteiger partial charge in [-0.25, -0.2) is 0 Å². The Hall–Kier alpha value is -1.36. The van der Waals surface area contributed by atoms with E-state index in [9.17, 15) is 10.2 Å². The predicted molar refractivity (Wildman–Crippen MR) is 94.8 cm³/mol. The number of aliphatic hydroxyl groups is 1. The van der Waals surface area contributed by atoms with Crippen LogP contribution >= 0.6 is 11.3 Å². The second-order valence-corrected chi connectivity index (χ2v) is 7.46. The van der Waals surface area contributed by atoms with Crippen molar-refractivity contribution in [3.63, 3.8) is 0 Å². The molecule has 0 aliphatic heterocycles. The van der Waals surface area contributed by atoms with E-state index in [0.717, 1.165) is 50.8 Å². The van der Waals surface area contributed by atoms with Gasteiger partial charge < -0.3 is 10.2 Å². The van der Waals surface area contributed by atoms with Gasteiger partial charge in [-0.2, -0.15) is 0 Å². The van der Waals surface area contributed by atoms with Gasteiger partial charge in [-0.05, 0) is 61.2 Å². The van der Waals surface area contributed by atoms with Crippen LogP contribution in [0.15, 0.2) is 41.8 Å². The van der Waals surface area contributed by atoms with Gasteiger partial charge in [0.05, 0.1) is 6.10 Å². The summed E-state index contributed by atoms with van der Waals surface area (Å²) >= 11 is 1.81. The molecule has 2 N–H and O–H groups in total. The Morgan fingerprint density at radius 3 is 2.61 bits per heavy atom. The molecule has 1 saturated carbocycles. The van der Waals surface area contributed by atoms with Crippen LogP contribution < -0.4 is 0 Å². The summed E-state index contributed by atoms with van der Waals surface area (Å²) in [5.74, 6) is 0.333. The number of phenols is 1. The largest absolute Gasteiger partial charge is 0.508 e. The first kappa shape index (κ1) is 16.5. The van der Waals surface area contributed by atoms with Gasteiger partial charge in [-0.1, -0.05) is 18.2 Å². The molecule has 23 heavy (non-hydrogen) atoms. The molecule has 3 rings (SSSR count). The van der Waals surface area contributed by atoms with Crippen molar-refractivity contribution in [2.45, 2.75) is 50.8 Å². The number of thiophene rings is 1. The van der Waals surface area contributed by atoms with Gasteiger partial charge >= 0.3 is 0 Å². The smallest absolute Gasteiger partial charge is 0.115 e. The standard InChI is InChI=1S/C19H25NO2S/c21-17-8-6-16(7-9-17)20(11-10-19-5-2-12-23-19)14-15-3-1-4-18(22)13-15/h1-5,12-13,16-17,21-22H,6-11,14H2. The number of benzene rings is 1. The van der Waals surface area contributed by atoms with Crippen LogP contribution in [0.4, 0.5) is 0 Å². The zero-order chi connectivity index (χ0) is 16.1. The molecule has 1 aromatic carbocycles. The topological polar surface area (TPSA) is 43.7 Å². The highest BCUT2D eigenvalue weighted by molar-refractivity contribution is 7.09. The summed E-state index contributed by atoms with van der Waals surface area (Å²) in [4.78, 5) is 3.95. The summed E-state index contributed by atoms with van der Waals surface area (Å²) < 4.78 is 0. The Morgan fingerprint density at radius 1 is 1.09 bits per heavy atom. The first-order chi connectivity index (χ1) is 11.2. The molecule has 0 atom stereocenters. The Bertz CT molecular complexity index is 591. The van der Waals surface area contributed by atoms with E-state index in [4.69, 9.17) is 0 Å². The maximum absolute atomic E-state index is 9.77. The fourth-order valence-corrected chi connectivity index (χ4v) is 4.11. The van der Waals surface area contributed by atoms with Crippen LogP contribution in [0.3, 0.4) is 0 Å². The number of hydrogen-bond acceptors (Lipinski definition) is 4. The van der Waals surface area contributed by atoms with E-state index < -0.39 is 0 Å². The van der Waals surface area contributed by atoms with E-state index in [1.165, 1.54) is 4.88 Å². The molecule has 0 unspecified atom stereocenters. The molecule has 124 valence electrons. The Morgan fingerprint density at radius 2 is 1.91 bits per heavy atom. The number of hydrogen-bond donors (Lipinski definition) is 2. The van der Waals surface area contributed by atoms with Crippen molar-refractivity contribution in [3.05, 3.63) is 52.2 Å². The van der Waals surface area contributed by atoms with Crippen molar-refractivity contribution in [3.8, 4) is 5.75 Å². The molecule has 0 radical (unpaired) electrons. The van der Waals surface area contributed by atoms with E-state index >= 15 is 0 Å². The number of aromatic hydroxyl groups is 1. The molecule has 1 aliphatic rings. The van der Waals surface area contributed by atoms with E-state index in [1.807, 2.05) is 23.5 Å². The first-order valence-corrected chi connectivity index (χ1v) is 9.31. The van der Waals surface area contributed by atoms with Gasteiger partial charge in [0.1, 0.15) is 5.75 Å². The molecule has 1 fully saturated rings. The Labute approximate surface area is 142 Å². The van der Waals surface area contributed by atoms with Gasteiger partial charge in [-0.15, -0.1) is 11.3 Å². The fourth-order valence-electron chi connectivity index (χ4n) is 3.41. The normalized spacial score (nSPS) is 21.7. The van der Waals surface area contributed by atoms with Gasteiger partial charge in [-0.3, -0.25) is 4.90 Å². The summed E-state index contributed by atoms with van der Waals surface area (Å²) in [5, 5.41) is 21.6. The van der Waals surface area contributed by atoms with Crippen molar-refractivity contribution in [1.82, 2.24) is 4.90 Å². The van der Waals surface area contributed by atoms with Crippen molar-refractivity contribution >= 4 is 11.3 Å². The van der Waals surface area contributed by atoms with Crippen LogP contribution in [-0.2, 0) is 13.0 Å².